The van der Waals surface area contributed by atoms with Crippen LogP contribution in [0.1, 0.15) is 26.7 Å². The number of anilines is 1. The number of carbonyl (C=O) groups is 1. The van der Waals surface area contributed by atoms with Crippen molar-refractivity contribution in [2.75, 3.05) is 11.1 Å². The van der Waals surface area contributed by atoms with Gasteiger partial charge in [-0.25, -0.2) is 8.42 Å². The molecule has 0 spiro atoms. The van der Waals surface area contributed by atoms with E-state index in [2.05, 4.69) is 15.5 Å². The minimum atomic E-state index is -3.41. The number of hydrogen-bond donors (Lipinski definition) is 1. The fourth-order valence-electron chi connectivity index (χ4n) is 2.22. The van der Waals surface area contributed by atoms with Gasteiger partial charge in [0.1, 0.15) is 5.01 Å². The van der Waals surface area contributed by atoms with Gasteiger partial charge in [0, 0.05) is 6.42 Å². The molecule has 0 saturated carbocycles. The number of carbonyl (C=O) groups excluding carboxylic acids is 1. The van der Waals surface area contributed by atoms with Gasteiger partial charge in [-0.3, -0.25) is 10.1 Å². The number of aromatic nitrogens is 2. The summed E-state index contributed by atoms with van der Waals surface area (Å²) in [6.45, 7) is 3.82. The van der Waals surface area contributed by atoms with Gasteiger partial charge < -0.3 is 4.42 Å². The third kappa shape index (κ3) is 4.17. The molecule has 0 bridgehead atoms. The van der Waals surface area contributed by atoms with Gasteiger partial charge in [0.25, 0.3) is 5.91 Å². The zero-order valence-electron chi connectivity index (χ0n) is 14.2. The molecule has 0 atom stereocenters. The second kappa shape index (κ2) is 7.38. The topological polar surface area (TPSA) is 102 Å². The van der Waals surface area contributed by atoms with E-state index >= 15 is 0 Å². The highest BCUT2D eigenvalue weighted by Gasteiger charge is 2.17. The summed E-state index contributed by atoms with van der Waals surface area (Å²) in [7, 11) is -3.41. The summed E-state index contributed by atoms with van der Waals surface area (Å²) in [5.41, 5.74) is 1.98. The maximum absolute atomic E-state index is 12.5. The van der Waals surface area contributed by atoms with E-state index in [9.17, 15) is 13.2 Å². The predicted molar refractivity (Wildman–Crippen MR) is 98.2 cm³/mol. The van der Waals surface area contributed by atoms with E-state index in [0.29, 0.717) is 15.0 Å². The molecule has 0 aliphatic rings. The number of furan rings is 1. The van der Waals surface area contributed by atoms with Crippen LogP contribution in [0, 0.1) is 13.8 Å². The lowest BCUT2D eigenvalue weighted by Crippen LogP contribution is -2.10. The zero-order valence-corrected chi connectivity index (χ0v) is 15.9. The van der Waals surface area contributed by atoms with Crippen molar-refractivity contribution in [1.82, 2.24) is 10.2 Å². The van der Waals surface area contributed by atoms with Crippen LogP contribution < -0.4 is 5.32 Å². The normalized spacial score (nSPS) is 11.5. The molecule has 3 rings (SSSR count). The Morgan fingerprint density at radius 2 is 2.00 bits per heavy atom. The third-order valence-corrected chi connectivity index (χ3v) is 6.47. The quantitative estimate of drug-likeness (QED) is 0.693. The number of sulfone groups is 1. The molecule has 0 fully saturated rings. The highest BCUT2D eigenvalue weighted by Crippen LogP contribution is 2.20. The molecular formula is C17H17N3O4S2. The molecule has 2 heterocycles. The summed E-state index contributed by atoms with van der Waals surface area (Å²) in [5, 5.41) is 11.2. The average molecular weight is 391 g/mol. The minimum absolute atomic E-state index is 0.0732. The van der Waals surface area contributed by atoms with Crippen LogP contribution in [0.2, 0.25) is 0 Å². The van der Waals surface area contributed by atoms with Gasteiger partial charge in [-0.2, -0.15) is 0 Å². The molecule has 2 aromatic heterocycles. The molecule has 0 saturated heterocycles. The van der Waals surface area contributed by atoms with Gasteiger partial charge in [-0.05, 0) is 49.2 Å². The maximum Gasteiger partial charge on any atom is 0.293 e. The highest BCUT2D eigenvalue weighted by atomic mass is 32.2. The first kappa shape index (κ1) is 18.3. The molecule has 1 amide bonds. The van der Waals surface area contributed by atoms with Crippen LogP contribution >= 0.6 is 11.3 Å². The van der Waals surface area contributed by atoms with E-state index in [0.717, 1.165) is 22.5 Å². The molecule has 26 heavy (non-hydrogen) atoms. The van der Waals surface area contributed by atoms with Crippen LogP contribution in [-0.4, -0.2) is 30.3 Å². The molecule has 0 aliphatic heterocycles. The second-order valence-corrected chi connectivity index (χ2v) is 8.92. The number of amides is 1. The van der Waals surface area contributed by atoms with E-state index in [1.165, 1.54) is 12.3 Å². The molecule has 7 nitrogen and oxygen atoms in total. The monoisotopic (exact) mass is 391 g/mol. The van der Waals surface area contributed by atoms with Crippen LogP contribution in [0.25, 0.3) is 0 Å². The van der Waals surface area contributed by atoms with Crippen LogP contribution in [0.3, 0.4) is 0 Å². The van der Waals surface area contributed by atoms with Gasteiger partial charge in [-0.1, -0.05) is 17.4 Å². The minimum Gasteiger partial charge on any atom is -0.459 e. The third-order valence-electron chi connectivity index (χ3n) is 3.85. The molecule has 1 aromatic carbocycles. The van der Waals surface area contributed by atoms with E-state index in [4.69, 9.17) is 4.42 Å². The van der Waals surface area contributed by atoms with E-state index in [1.807, 2.05) is 13.8 Å². The summed E-state index contributed by atoms with van der Waals surface area (Å²) in [6, 6.07) is 8.24. The molecule has 136 valence electrons. The van der Waals surface area contributed by atoms with Gasteiger partial charge in [-0.15, -0.1) is 10.2 Å². The van der Waals surface area contributed by atoms with Gasteiger partial charge in [0.2, 0.25) is 5.13 Å². The van der Waals surface area contributed by atoms with Crippen LogP contribution in [0.5, 0.6) is 0 Å². The maximum atomic E-state index is 12.5. The van der Waals surface area contributed by atoms with Gasteiger partial charge in [0.05, 0.1) is 16.9 Å². The summed E-state index contributed by atoms with van der Waals surface area (Å²) >= 11 is 1.14. The molecule has 0 aliphatic carbocycles. The second-order valence-electron chi connectivity index (χ2n) is 5.75. The lowest BCUT2D eigenvalue weighted by atomic mass is 10.1. The van der Waals surface area contributed by atoms with Crippen molar-refractivity contribution in [1.29, 1.82) is 0 Å². The van der Waals surface area contributed by atoms with Gasteiger partial charge >= 0.3 is 0 Å². The Hall–Kier alpha value is -2.52. The molecule has 3 aromatic rings. The van der Waals surface area contributed by atoms with Crippen LogP contribution in [0.15, 0.2) is 45.9 Å². The Balaban J connectivity index is 1.64. The summed E-state index contributed by atoms with van der Waals surface area (Å²) in [5.74, 6) is -0.337. The van der Waals surface area contributed by atoms with Crippen molar-refractivity contribution in [2.45, 2.75) is 25.2 Å². The SMILES string of the molecule is Cc1ccc(S(=O)(=O)CCc2nnc(NC(=O)c3ccco3)s2)cc1C. The highest BCUT2D eigenvalue weighted by molar-refractivity contribution is 7.91. The number of rotatable bonds is 6. The first-order chi connectivity index (χ1) is 12.3. The molecule has 1 N–H and O–H groups in total. The Kier molecular flexibility index (Phi) is 5.19. The van der Waals surface area contributed by atoms with Crippen LogP contribution in [0.4, 0.5) is 5.13 Å². The Morgan fingerprint density at radius 3 is 2.69 bits per heavy atom. The first-order valence-corrected chi connectivity index (χ1v) is 10.3. The standard InChI is InChI=1S/C17H17N3O4S2/c1-11-5-6-13(10-12(11)2)26(22,23)9-7-15-19-20-17(25-15)18-16(21)14-4-3-8-24-14/h3-6,8,10H,7,9H2,1-2H3,(H,18,20,21). The Bertz CT molecular complexity index is 1020. The Morgan fingerprint density at radius 1 is 1.19 bits per heavy atom. The van der Waals surface area contributed by atoms with Crippen molar-refractivity contribution in [2.24, 2.45) is 0 Å². The Labute approximate surface area is 155 Å². The molecule has 0 unspecified atom stereocenters. The van der Waals surface area contributed by atoms with Crippen molar-refractivity contribution >= 4 is 32.2 Å². The summed E-state index contributed by atoms with van der Waals surface area (Å²) in [6.07, 6.45) is 1.63. The number of aryl methyl sites for hydroxylation is 3. The first-order valence-electron chi connectivity index (χ1n) is 7.82. The molecule has 0 radical (unpaired) electrons. The van der Waals surface area contributed by atoms with E-state index < -0.39 is 15.7 Å². The number of benzene rings is 1. The van der Waals surface area contributed by atoms with E-state index in [1.54, 1.807) is 24.3 Å². The predicted octanol–water partition coefficient (Wildman–Crippen LogP) is 3.02. The van der Waals surface area contributed by atoms with Crippen molar-refractivity contribution in [3.8, 4) is 0 Å². The fraction of sp³-hybridized carbons (Fsp3) is 0.235. The fourth-order valence-corrected chi connectivity index (χ4v) is 4.41. The van der Waals surface area contributed by atoms with Crippen molar-refractivity contribution < 1.29 is 17.6 Å². The van der Waals surface area contributed by atoms with Crippen molar-refractivity contribution in [3.63, 3.8) is 0 Å². The van der Waals surface area contributed by atoms with Gasteiger partial charge in [0.15, 0.2) is 15.6 Å². The molecule has 9 heteroatoms. The lowest BCUT2D eigenvalue weighted by molar-refractivity contribution is 0.0996. The number of hydrogen-bond acceptors (Lipinski definition) is 7. The zero-order chi connectivity index (χ0) is 18.7. The number of nitrogens with one attached hydrogen (secondary N) is 1. The van der Waals surface area contributed by atoms with Crippen molar-refractivity contribution in [3.05, 3.63) is 58.5 Å². The summed E-state index contributed by atoms with van der Waals surface area (Å²) in [4.78, 5) is 12.2. The lowest BCUT2D eigenvalue weighted by Gasteiger charge is -2.06. The smallest absolute Gasteiger partial charge is 0.293 e. The largest absolute Gasteiger partial charge is 0.459 e. The summed E-state index contributed by atoms with van der Waals surface area (Å²) < 4.78 is 30.0. The van der Waals surface area contributed by atoms with E-state index in [-0.39, 0.29) is 17.9 Å². The van der Waals surface area contributed by atoms with Crippen LogP contribution in [-0.2, 0) is 16.3 Å². The number of nitrogens with zero attached hydrogens (tertiary/aromatic N) is 2. The average Bonchev–Trinajstić information content (AvgIpc) is 3.27. The molecular weight excluding hydrogens is 374 g/mol.